The zero-order valence-electron chi connectivity index (χ0n) is 10.6. The molecule has 0 unspecified atom stereocenters. The summed E-state index contributed by atoms with van der Waals surface area (Å²) in [4.78, 5) is 18.9. The van der Waals surface area contributed by atoms with Crippen LogP contribution in [0.25, 0.3) is 0 Å². The van der Waals surface area contributed by atoms with E-state index in [0.29, 0.717) is 13.1 Å². The molecule has 1 aliphatic rings. The van der Waals surface area contributed by atoms with Crippen molar-refractivity contribution in [3.63, 3.8) is 0 Å². The first kappa shape index (κ1) is 13.4. The quantitative estimate of drug-likeness (QED) is 0.754. The van der Waals surface area contributed by atoms with E-state index in [2.05, 4.69) is 0 Å². The average molecular weight is 230 g/mol. The molecule has 0 bridgehead atoms. The van der Waals surface area contributed by atoms with Crippen molar-refractivity contribution in [3.8, 4) is 0 Å². The Kier molecular flexibility index (Phi) is 4.29. The van der Waals surface area contributed by atoms with Gasteiger partial charge in [0.1, 0.15) is 0 Å². The Bertz CT molecular complexity index is 250. The molecule has 0 aliphatic carbocycles. The Labute approximate surface area is 96.9 Å². The van der Waals surface area contributed by atoms with Gasteiger partial charge in [-0.1, -0.05) is 0 Å². The molecule has 94 valence electrons. The number of aliphatic hydroxyl groups is 1. The van der Waals surface area contributed by atoms with E-state index in [1.54, 1.807) is 21.0 Å². The average Bonchev–Trinajstić information content (AvgIpc) is 2.14. The molecule has 0 aromatic heterocycles. The van der Waals surface area contributed by atoms with E-state index in [1.165, 1.54) is 0 Å². The maximum atomic E-state index is 11.9. The van der Waals surface area contributed by atoms with Crippen LogP contribution in [0.2, 0.25) is 0 Å². The molecule has 1 atom stereocenters. The Morgan fingerprint density at radius 1 is 1.50 bits per heavy atom. The molecule has 0 aromatic carbocycles. The number of hydrogen-bond acceptors (Lipinski definition) is 4. The van der Waals surface area contributed by atoms with E-state index in [-0.39, 0.29) is 18.4 Å². The molecule has 5 heteroatoms. The number of rotatable bonds is 3. The highest BCUT2D eigenvalue weighted by Gasteiger charge is 2.30. The zero-order valence-corrected chi connectivity index (χ0v) is 10.6. The zero-order chi connectivity index (χ0) is 12.3. The van der Waals surface area contributed by atoms with Crippen LogP contribution in [-0.2, 0) is 9.63 Å². The van der Waals surface area contributed by atoms with E-state index in [9.17, 15) is 9.90 Å². The van der Waals surface area contributed by atoms with Crippen LogP contribution in [0.4, 0.5) is 0 Å². The van der Waals surface area contributed by atoms with Gasteiger partial charge in [0, 0.05) is 25.7 Å². The summed E-state index contributed by atoms with van der Waals surface area (Å²) in [5, 5.41) is 11.5. The van der Waals surface area contributed by atoms with E-state index in [1.807, 2.05) is 16.9 Å². The molecule has 16 heavy (non-hydrogen) atoms. The van der Waals surface area contributed by atoms with Gasteiger partial charge in [0.15, 0.2) is 0 Å². The molecule has 1 heterocycles. The fourth-order valence-electron chi connectivity index (χ4n) is 1.93. The third-order valence-corrected chi connectivity index (χ3v) is 2.75. The monoisotopic (exact) mass is 230 g/mol. The van der Waals surface area contributed by atoms with Crippen LogP contribution < -0.4 is 0 Å². The van der Waals surface area contributed by atoms with Crippen molar-refractivity contribution in [1.82, 2.24) is 9.96 Å². The van der Waals surface area contributed by atoms with Crippen molar-refractivity contribution in [2.75, 3.05) is 26.7 Å². The van der Waals surface area contributed by atoms with E-state index in [0.717, 1.165) is 6.54 Å². The SMILES string of the molecule is CON1CCN(C(=O)CC(C)(C)O)[C@@H](C)C1. The second-order valence-electron chi connectivity index (χ2n) is 5.00. The molecule has 0 aromatic rings. The topological polar surface area (TPSA) is 53.0 Å². The highest BCUT2D eigenvalue weighted by Crippen LogP contribution is 2.15. The van der Waals surface area contributed by atoms with Gasteiger partial charge in [-0.2, -0.15) is 5.06 Å². The molecule has 1 N–H and O–H groups in total. The second-order valence-corrected chi connectivity index (χ2v) is 5.00. The third kappa shape index (κ3) is 3.73. The number of carbonyl (C=O) groups excluding carboxylic acids is 1. The standard InChI is InChI=1S/C11H22N2O3/c1-9-8-12(16-4)5-6-13(9)10(14)7-11(2,3)15/h9,15H,5-8H2,1-4H3/t9-/m0/s1. The lowest BCUT2D eigenvalue weighted by molar-refractivity contribution is -0.172. The predicted octanol–water partition coefficient (Wildman–Crippen LogP) is 0.242. The molecule has 1 aliphatic heterocycles. The highest BCUT2D eigenvalue weighted by atomic mass is 16.7. The number of piperazine rings is 1. The maximum absolute atomic E-state index is 11.9. The van der Waals surface area contributed by atoms with Crippen molar-refractivity contribution >= 4 is 5.91 Å². The Morgan fingerprint density at radius 2 is 2.12 bits per heavy atom. The predicted molar refractivity (Wildman–Crippen MR) is 60.7 cm³/mol. The third-order valence-electron chi connectivity index (χ3n) is 2.75. The minimum Gasteiger partial charge on any atom is -0.390 e. The molecular formula is C11H22N2O3. The molecule has 1 saturated heterocycles. The van der Waals surface area contributed by atoms with Gasteiger partial charge in [-0.05, 0) is 20.8 Å². The summed E-state index contributed by atoms with van der Waals surface area (Å²) in [7, 11) is 1.64. The molecule has 1 fully saturated rings. The molecule has 1 rings (SSSR count). The smallest absolute Gasteiger partial charge is 0.225 e. The Hall–Kier alpha value is -0.650. The second kappa shape index (κ2) is 5.12. The number of carbonyl (C=O) groups is 1. The van der Waals surface area contributed by atoms with Crippen LogP contribution in [0.3, 0.4) is 0 Å². The Morgan fingerprint density at radius 3 is 2.56 bits per heavy atom. The number of hydrogen-bond donors (Lipinski definition) is 1. The van der Waals surface area contributed by atoms with Crippen LogP contribution >= 0.6 is 0 Å². The first-order chi connectivity index (χ1) is 7.33. The van der Waals surface area contributed by atoms with Crippen LogP contribution in [0.5, 0.6) is 0 Å². The first-order valence-electron chi connectivity index (χ1n) is 5.64. The molecule has 0 spiro atoms. The van der Waals surface area contributed by atoms with Gasteiger partial charge in [0.25, 0.3) is 0 Å². The van der Waals surface area contributed by atoms with Crippen LogP contribution in [0.1, 0.15) is 27.2 Å². The molecular weight excluding hydrogens is 208 g/mol. The van der Waals surface area contributed by atoms with Crippen molar-refractivity contribution in [3.05, 3.63) is 0 Å². The summed E-state index contributed by atoms with van der Waals surface area (Å²) in [6, 6.07) is 0.128. The van der Waals surface area contributed by atoms with E-state index in [4.69, 9.17) is 4.84 Å². The van der Waals surface area contributed by atoms with Crippen molar-refractivity contribution < 1.29 is 14.7 Å². The highest BCUT2D eigenvalue weighted by molar-refractivity contribution is 5.77. The number of amides is 1. The normalized spacial score (nSPS) is 23.6. The summed E-state index contributed by atoms with van der Waals surface area (Å²) in [6.07, 6.45) is 0.171. The summed E-state index contributed by atoms with van der Waals surface area (Å²) in [6.45, 7) is 7.39. The van der Waals surface area contributed by atoms with Crippen molar-refractivity contribution in [2.45, 2.75) is 38.8 Å². The molecule has 0 saturated carbocycles. The minimum atomic E-state index is -0.935. The van der Waals surface area contributed by atoms with Crippen LogP contribution in [0, 0.1) is 0 Å². The summed E-state index contributed by atoms with van der Waals surface area (Å²) in [5.74, 6) is 0.00996. The van der Waals surface area contributed by atoms with E-state index < -0.39 is 5.60 Å². The van der Waals surface area contributed by atoms with Gasteiger partial charge in [0.2, 0.25) is 5.91 Å². The van der Waals surface area contributed by atoms with Gasteiger partial charge >= 0.3 is 0 Å². The lowest BCUT2D eigenvalue weighted by Crippen LogP contribution is -2.54. The van der Waals surface area contributed by atoms with Crippen molar-refractivity contribution in [1.29, 1.82) is 0 Å². The van der Waals surface area contributed by atoms with Crippen LogP contribution in [0.15, 0.2) is 0 Å². The molecule has 5 nitrogen and oxygen atoms in total. The fourth-order valence-corrected chi connectivity index (χ4v) is 1.93. The minimum absolute atomic E-state index is 0.00996. The molecule has 0 radical (unpaired) electrons. The van der Waals surface area contributed by atoms with Gasteiger partial charge in [-0.3, -0.25) is 4.79 Å². The summed E-state index contributed by atoms with van der Waals surface area (Å²) >= 11 is 0. The van der Waals surface area contributed by atoms with E-state index >= 15 is 0 Å². The Balaban J connectivity index is 2.52. The van der Waals surface area contributed by atoms with Crippen LogP contribution in [-0.4, -0.2) is 59.4 Å². The first-order valence-corrected chi connectivity index (χ1v) is 5.64. The van der Waals surface area contributed by atoms with Gasteiger partial charge in [-0.25, -0.2) is 0 Å². The molecule has 1 amide bonds. The lowest BCUT2D eigenvalue weighted by atomic mass is 10.0. The summed E-state index contributed by atoms with van der Waals surface area (Å²) in [5.41, 5.74) is -0.935. The summed E-state index contributed by atoms with van der Waals surface area (Å²) < 4.78 is 0. The lowest BCUT2D eigenvalue weighted by Gasteiger charge is -2.39. The van der Waals surface area contributed by atoms with Gasteiger partial charge in [-0.15, -0.1) is 0 Å². The number of hydroxylamine groups is 2. The fraction of sp³-hybridized carbons (Fsp3) is 0.909. The largest absolute Gasteiger partial charge is 0.390 e. The van der Waals surface area contributed by atoms with Crippen molar-refractivity contribution in [2.24, 2.45) is 0 Å². The van der Waals surface area contributed by atoms with Gasteiger partial charge in [0.05, 0.1) is 19.1 Å². The maximum Gasteiger partial charge on any atom is 0.225 e. The van der Waals surface area contributed by atoms with Gasteiger partial charge < -0.3 is 14.8 Å². The number of nitrogens with zero attached hydrogens (tertiary/aromatic N) is 2.